The second kappa shape index (κ2) is 7.97. The van der Waals surface area contributed by atoms with Crippen molar-refractivity contribution in [2.45, 2.75) is 44.8 Å². The van der Waals surface area contributed by atoms with E-state index in [-0.39, 0.29) is 29.1 Å². The Morgan fingerprint density at radius 2 is 1.97 bits per heavy atom. The van der Waals surface area contributed by atoms with Crippen LogP contribution < -0.4 is 25.4 Å². The molecular formula is C26H31N3O4. The highest BCUT2D eigenvalue weighted by Crippen LogP contribution is 2.58. The Labute approximate surface area is 194 Å². The fourth-order valence-electron chi connectivity index (χ4n) is 6.18. The molecule has 4 aliphatic rings. The van der Waals surface area contributed by atoms with E-state index >= 15 is 0 Å². The van der Waals surface area contributed by atoms with Crippen LogP contribution in [0.15, 0.2) is 42.5 Å². The first-order valence-corrected chi connectivity index (χ1v) is 11.6. The summed E-state index contributed by atoms with van der Waals surface area (Å²) in [5, 5.41) is 10.1. The molecule has 0 radical (unpaired) electrons. The van der Waals surface area contributed by atoms with E-state index in [4.69, 9.17) is 9.47 Å². The van der Waals surface area contributed by atoms with Crippen LogP contribution in [0.4, 0.5) is 5.69 Å². The van der Waals surface area contributed by atoms with Gasteiger partial charge in [0.25, 0.3) is 5.91 Å². The molecule has 6 rings (SSSR count). The number of methoxy groups -OCH3 is 2. The number of amides is 2. The topological polar surface area (TPSA) is 88.7 Å². The molecule has 2 amide bonds. The molecule has 4 atom stereocenters. The largest absolute Gasteiger partial charge is 0.497 e. The maximum Gasteiger partial charge on any atom is 0.255 e. The lowest BCUT2D eigenvalue weighted by Crippen LogP contribution is -2.70. The fraction of sp³-hybridized carbons (Fsp3) is 0.462. The molecule has 0 unspecified atom stereocenters. The van der Waals surface area contributed by atoms with Gasteiger partial charge in [-0.1, -0.05) is 19.1 Å². The number of anilines is 1. The zero-order valence-corrected chi connectivity index (χ0v) is 19.4. The Morgan fingerprint density at radius 3 is 2.73 bits per heavy atom. The molecule has 2 bridgehead atoms. The van der Waals surface area contributed by atoms with Gasteiger partial charge in [0.05, 0.1) is 19.8 Å². The Morgan fingerprint density at radius 1 is 1.15 bits per heavy atom. The van der Waals surface area contributed by atoms with Gasteiger partial charge in [-0.15, -0.1) is 0 Å². The van der Waals surface area contributed by atoms with Gasteiger partial charge in [-0.25, -0.2) is 0 Å². The lowest BCUT2D eigenvalue weighted by Gasteiger charge is -2.60. The molecule has 1 spiro atoms. The standard InChI is InChI=1S/C26H31N3O4/c1-25-11-10-17(26(15-25)28-21-7-5-4-6-19(21)23(30)29-26)13-20(25)24(31)27-14-16-12-18(32-2)8-9-22(16)33-3/h4-9,12,17,20,28H,10-11,13-15H2,1-3H3,(H,27,31)(H,29,30)/t17-,20+,25+,26-/m0/s1. The minimum Gasteiger partial charge on any atom is -0.497 e. The van der Waals surface area contributed by atoms with Crippen LogP contribution >= 0.6 is 0 Å². The molecule has 3 aliphatic carbocycles. The highest BCUT2D eigenvalue weighted by atomic mass is 16.5. The summed E-state index contributed by atoms with van der Waals surface area (Å²) < 4.78 is 10.8. The predicted molar refractivity (Wildman–Crippen MR) is 125 cm³/mol. The third-order valence-electron chi connectivity index (χ3n) is 7.93. The molecule has 3 N–H and O–H groups in total. The smallest absolute Gasteiger partial charge is 0.255 e. The summed E-state index contributed by atoms with van der Waals surface area (Å²) >= 11 is 0. The predicted octanol–water partition coefficient (Wildman–Crippen LogP) is 3.70. The van der Waals surface area contributed by atoms with Crippen molar-refractivity contribution in [3.05, 3.63) is 53.6 Å². The summed E-state index contributed by atoms with van der Waals surface area (Å²) in [7, 11) is 3.24. The Balaban J connectivity index is 1.33. The van der Waals surface area contributed by atoms with Gasteiger partial charge in [0.2, 0.25) is 5.91 Å². The zero-order valence-electron chi connectivity index (χ0n) is 19.4. The van der Waals surface area contributed by atoms with Crippen molar-refractivity contribution in [1.82, 2.24) is 10.6 Å². The van der Waals surface area contributed by atoms with E-state index in [1.165, 1.54) is 0 Å². The number of para-hydroxylation sites is 1. The molecular weight excluding hydrogens is 418 g/mol. The SMILES string of the molecule is COc1ccc(OC)c(CNC(=O)[C@H]2C[C@@H]3CC[C@]2(C)C[C@]32NC(=O)c3ccccc3N2)c1. The molecule has 174 valence electrons. The minimum absolute atomic E-state index is 0.0355. The van der Waals surface area contributed by atoms with Gasteiger partial charge in [-0.3, -0.25) is 9.59 Å². The quantitative estimate of drug-likeness (QED) is 0.648. The number of nitrogens with one attached hydrogen (secondary N) is 3. The number of ether oxygens (including phenoxy) is 2. The van der Waals surface area contributed by atoms with Gasteiger partial charge in [-0.05, 0) is 61.4 Å². The van der Waals surface area contributed by atoms with E-state index in [1.807, 2.05) is 42.5 Å². The van der Waals surface area contributed by atoms with Gasteiger partial charge < -0.3 is 25.4 Å². The van der Waals surface area contributed by atoms with E-state index in [0.717, 1.165) is 48.4 Å². The molecule has 2 aromatic carbocycles. The fourth-order valence-corrected chi connectivity index (χ4v) is 6.18. The Bertz CT molecular complexity index is 1100. The van der Waals surface area contributed by atoms with E-state index in [0.29, 0.717) is 12.1 Å². The van der Waals surface area contributed by atoms with Crippen molar-refractivity contribution in [3.8, 4) is 11.5 Å². The lowest BCUT2D eigenvalue weighted by atomic mass is 9.51. The average molecular weight is 450 g/mol. The van der Waals surface area contributed by atoms with Crippen molar-refractivity contribution < 1.29 is 19.1 Å². The van der Waals surface area contributed by atoms with E-state index in [1.54, 1.807) is 14.2 Å². The van der Waals surface area contributed by atoms with Crippen LogP contribution in [0.5, 0.6) is 11.5 Å². The molecule has 1 aliphatic heterocycles. The van der Waals surface area contributed by atoms with Crippen LogP contribution in [-0.2, 0) is 11.3 Å². The Hall–Kier alpha value is -3.22. The van der Waals surface area contributed by atoms with Crippen LogP contribution in [-0.4, -0.2) is 31.7 Å². The maximum atomic E-state index is 13.4. The highest BCUT2D eigenvalue weighted by Gasteiger charge is 2.60. The van der Waals surface area contributed by atoms with Gasteiger partial charge in [0.15, 0.2) is 0 Å². The molecule has 1 heterocycles. The Kier molecular flexibility index (Phi) is 5.22. The number of benzene rings is 2. The molecule has 0 aromatic heterocycles. The second-order valence-corrected chi connectivity index (χ2v) is 9.85. The second-order valence-electron chi connectivity index (χ2n) is 9.85. The van der Waals surface area contributed by atoms with Crippen molar-refractivity contribution in [2.24, 2.45) is 17.3 Å². The van der Waals surface area contributed by atoms with Gasteiger partial charge in [0, 0.05) is 29.6 Å². The molecule has 7 heteroatoms. The van der Waals surface area contributed by atoms with Crippen LogP contribution in [0.1, 0.15) is 48.5 Å². The summed E-state index contributed by atoms with van der Waals surface area (Å²) in [4.78, 5) is 26.2. The van der Waals surface area contributed by atoms with Crippen LogP contribution in [0.3, 0.4) is 0 Å². The van der Waals surface area contributed by atoms with Crippen LogP contribution in [0.25, 0.3) is 0 Å². The van der Waals surface area contributed by atoms with Gasteiger partial charge in [-0.2, -0.15) is 0 Å². The molecule has 33 heavy (non-hydrogen) atoms. The number of carbonyl (C=O) groups excluding carboxylic acids is 2. The third-order valence-corrected chi connectivity index (χ3v) is 7.93. The molecule has 3 fully saturated rings. The first kappa shape index (κ1) is 21.6. The summed E-state index contributed by atoms with van der Waals surface area (Å²) in [6.45, 7) is 2.57. The number of fused-ring (bicyclic) bond motifs is 3. The average Bonchev–Trinajstić information content (AvgIpc) is 2.82. The summed E-state index contributed by atoms with van der Waals surface area (Å²) in [6.07, 6.45) is 3.43. The number of carbonyl (C=O) groups is 2. The van der Waals surface area contributed by atoms with Crippen molar-refractivity contribution in [2.75, 3.05) is 19.5 Å². The zero-order chi connectivity index (χ0) is 23.2. The molecule has 0 saturated heterocycles. The van der Waals surface area contributed by atoms with Crippen LogP contribution in [0.2, 0.25) is 0 Å². The highest BCUT2D eigenvalue weighted by molar-refractivity contribution is 6.02. The molecule has 2 aromatic rings. The third kappa shape index (κ3) is 3.59. The first-order chi connectivity index (χ1) is 15.9. The van der Waals surface area contributed by atoms with Crippen molar-refractivity contribution in [1.29, 1.82) is 0 Å². The minimum atomic E-state index is -0.495. The van der Waals surface area contributed by atoms with Crippen LogP contribution in [0, 0.1) is 17.3 Å². The lowest BCUT2D eigenvalue weighted by molar-refractivity contribution is -0.139. The molecule has 3 saturated carbocycles. The van der Waals surface area contributed by atoms with Gasteiger partial charge in [0.1, 0.15) is 17.2 Å². The van der Waals surface area contributed by atoms with E-state index in [2.05, 4.69) is 22.9 Å². The maximum absolute atomic E-state index is 13.4. The summed E-state index contributed by atoms with van der Waals surface area (Å²) in [6, 6.07) is 13.2. The van der Waals surface area contributed by atoms with Gasteiger partial charge >= 0.3 is 0 Å². The summed E-state index contributed by atoms with van der Waals surface area (Å²) in [5.74, 6) is 1.56. The van der Waals surface area contributed by atoms with E-state index < -0.39 is 5.66 Å². The van der Waals surface area contributed by atoms with E-state index in [9.17, 15) is 9.59 Å². The number of hydrogen-bond donors (Lipinski definition) is 3. The number of hydrogen-bond acceptors (Lipinski definition) is 5. The first-order valence-electron chi connectivity index (χ1n) is 11.6. The normalized spacial score (nSPS) is 29.6. The monoisotopic (exact) mass is 449 g/mol. The molecule has 7 nitrogen and oxygen atoms in total. The number of rotatable bonds is 5. The van der Waals surface area contributed by atoms with Crippen molar-refractivity contribution in [3.63, 3.8) is 0 Å². The van der Waals surface area contributed by atoms with Crippen molar-refractivity contribution >= 4 is 17.5 Å². The summed E-state index contributed by atoms with van der Waals surface area (Å²) in [5.41, 5.74) is 1.74.